The lowest BCUT2D eigenvalue weighted by molar-refractivity contribution is -0.324. The molecule has 0 heterocycles. The minimum atomic E-state index is -0.663. The quantitative estimate of drug-likeness (QED) is 0.621. The summed E-state index contributed by atoms with van der Waals surface area (Å²) in [6.07, 6.45) is 1.18. The van der Waals surface area contributed by atoms with Crippen molar-refractivity contribution in [1.82, 2.24) is 0 Å². The van der Waals surface area contributed by atoms with E-state index in [9.17, 15) is 5.11 Å². The Hall–Kier alpha value is -0.120. The second-order valence-electron chi connectivity index (χ2n) is 2.73. The molecule has 1 rings (SSSR count). The molecule has 3 heteroatoms. The SMILES string of the molecule is CCOC1(OCC)CCC1O. The van der Waals surface area contributed by atoms with E-state index in [-0.39, 0.29) is 0 Å². The van der Waals surface area contributed by atoms with Crippen molar-refractivity contribution in [3.8, 4) is 0 Å². The zero-order valence-electron chi connectivity index (χ0n) is 7.17. The van der Waals surface area contributed by atoms with Crippen molar-refractivity contribution in [3.05, 3.63) is 0 Å². The van der Waals surface area contributed by atoms with Crippen molar-refractivity contribution >= 4 is 0 Å². The molecular formula is C8H16O3. The van der Waals surface area contributed by atoms with Gasteiger partial charge in [-0.05, 0) is 20.3 Å². The summed E-state index contributed by atoms with van der Waals surface area (Å²) >= 11 is 0. The lowest BCUT2D eigenvalue weighted by Gasteiger charge is -2.45. The summed E-state index contributed by atoms with van der Waals surface area (Å²) in [4.78, 5) is 0. The standard InChI is InChI=1S/C8H16O3/c1-3-10-8(11-4-2)6-5-7(8)9/h7,9H,3-6H2,1-2H3. The van der Waals surface area contributed by atoms with Crippen LogP contribution in [-0.2, 0) is 9.47 Å². The predicted octanol–water partition coefficient (Wildman–Crippen LogP) is 0.910. The van der Waals surface area contributed by atoms with Gasteiger partial charge < -0.3 is 14.6 Å². The third-order valence-corrected chi connectivity index (χ3v) is 2.05. The number of hydrogen-bond donors (Lipinski definition) is 1. The highest BCUT2D eigenvalue weighted by Gasteiger charge is 2.48. The van der Waals surface area contributed by atoms with E-state index in [1.807, 2.05) is 13.8 Å². The second kappa shape index (κ2) is 3.52. The number of ether oxygens (including phenoxy) is 2. The molecule has 0 aromatic rings. The van der Waals surface area contributed by atoms with Crippen molar-refractivity contribution in [2.75, 3.05) is 13.2 Å². The largest absolute Gasteiger partial charge is 0.388 e. The molecule has 1 aliphatic rings. The molecule has 0 radical (unpaired) electrons. The molecule has 0 bridgehead atoms. The molecule has 0 saturated heterocycles. The highest BCUT2D eigenvalue weighted by Crippen LogP contribution is 2.36. The molecule has 1 aliphatic carbocycles. The summed E-state index contributed by atoms with van der Waals surface area (Å²) in [5.74, 6) is -0.663. The Morgan fingerprint density at radius 1 is 1.36 bits per heavy atom. The van der Waals surface area contributed by atoms with Gasteiger partial charge in [0, 0.05) is 19.6 Å². The Balaban J connectivity index is 2.42. The van der Waals surface area contributed by atoms with Crippen LogP contribution < -0.4 is 0 Å². The zero-order chi connectivity index (χ0) is 8.32. The van der Waals surface area contributed by atoms with Crippen LogP contribution >= 0.6 is 0 Å². The summed E-state index contributed by atoms with van der Waals surface area (Å²) in [6.45, 7) is 5.01. The maximum Gasteiger partial charge on any atom is 0.194 e. The first-order chi connectivity index (χ1) is 5.25. The Kier molecular flexibility index (Phi) is 2.87. The summed E-state index contributed by atoms with van der Waals surface area (Å²) in [6, 6.07) is 0. The number of hydrogen-bond acceptors (Lipinski definition) is 3. The molecular weight excluding hydrogens is 144 g/mol. The molecule has 1 saturated carbocycles. The Labute approximate surface area is 67.3 Å². The van der Waals surface area contributed by atoms with E-state index in [1.165, 1.54) is 0 Å². The monoisotopic (exact) mass is 160 g/mol. The van der Waals surface area contributed by atoms with E-state index >= 15 is 0 Å². The Bertz CT molecular complexity index is 119. The van der Waals surface area contributed by atoms with Crippen LogP contribution in [0.2, 0.25) is 0 Å². The minimum absolute atomic E-state index is 0.428. The molecule has 0 aromatic carbocycles. The van der Waals surface area contributed by atoms with Crippen molar-refractivity contribution < 1.29 is 14.6 Å². The Morgan fingerprint density at radius 3 is 2.09 bits per heavy atom. The highest BCUT2D eigenvalue weighted by molar-refractivity contribution is 4.90. The van der Waals surface area contributed by atoms with Gasteiger partial charge in [0.15, 0.2) is 5.79 Å². The topological polar surface area (TPSA) is 38.7 Å². The van der Waals surface area contributed by atoms with Gasteiger partial charge in [0.2, 0.25) is 0 Å². The number of rotatable bonds is 4. The molecule has 11 heavy (non-hydrogen) atoms. The zero-order valence-corrected chi connectivity index (χ0v) is 7.17. The van der Waals surface area contributed by atoms with Gasteiger partial charge in [-0.2, -0.15) is 0 Å². The third kappa shape index (κ3) is 1.55. The highest BCUT2D eigenvalue weighted by atomic mass is 16.7. The van der Waals surface area contributed by atoms with Gasteiger partial charge in [-0.1, -0.05) is 0 Å². The van der Waals surface area contributed by atoms with Crippen LogP contribution in [0.5, 0.6) is 0 Å². The fraction of sp³-hybridized carbons (Fsp3) is 1.00. The van der Waals surface area contributed by atoms with Crippen LogP contribution in [-0.4, -0.2) is 30.2 Å². The molecule has 1 N–H and O–H groups in total. The van der Waals surface area contributed by atoms with E-state index in [2.05, 4.69) is 0 Å². The van der Waals surface area contributed by atoms with Crippen LogP contribution in [0, 0.1) is 0 Å². The van der Waals surface area contributed by atoms with Gasteiger partial charge in [0.05, 0.1) is 0 Å². The van der Waals surface area contributed by atoms with Gasteiger partial charge in [-0.3, -0.25) is 0 Å². The lowest BCUT2D eigenvalue weighted by Crippen LogP contribution is -2.55. The van der Waals surface area contributed by atoms with E-state index in [0.29, 0.717) is 13.2 Å². The smallest absolute Gasteiger partial charge is 0.194 e. The predicted molar refractivity (Wildman–Crippen MR) is 41.2 cm³/mol. The molecule has 0 amide bonds. The molecule has 1 fully saturated rings. The van der Waals surface area contributed by atoms with E-state index < -0.39 is 11.9 Å². The molecule has 1 atom stereocenters. The lowest BCUT2D eigenvalue weighted by atomic mass is 9.87. The van der Waals surface area contributed by atoms with Gasteiger partial charge in [-0.15, -0.1) is 0 Å². The summed E-state index contributed by atoms with van der Waals surface area (Å²) in [5.41, 5.74) is 0. The summed E-state index contributed by atoms with van der Waals surface area (Å²) in [5, 5.41) is 9.37. The van der Waals surface area contributed by atoms with Gasteiger partial charge >= 0.3 is 0 Å². The molecule has 0 aliphatic heterocycles. The fourth-order valence-corrected chi connectivity index (χ4v) is 1.38. The van der Waals surface area contributed by atoms with Crippen LogP contribution in [0.15, 0.2) is 0 Å². The van der Waals surface area contributed by atoms with Gasteiger partial charge in [0.25, 0.3) is 0 Å². The first-order valence-corrected chi connectivity index (χ1v) is 4.21. The number of aliphatic hydroxyl groups is 1. The van der Waals surface area contributed by atoms with E-state index in [1.54, 1.807) is 0 Å². The van der Waals surface area contributed by atoms with Crippen molar-refractivity contribution in [2.24, 2.45) is 0 Å². The average molecular weight is 160 g/mol. The summed E-state index contributed by atoms with van der Waals surface area (Å²) < 4.78 is 10.7. The number of aliphatic hydroxyl groups excluding tert-OH is 1. The first kappa shape index (κ1) is 8.97. The normalized spacial score (nSPS) is 28.1. The summed E-state index contributed by atoms with van der Waals surface area (Å²) in [7, 11) is 0. The van der Waals surface area contributed by atoms with Crippen LogP contribution in [0.3, 0.4) is 0 Å². The van der Waals surface area contributed by atoms with E-state index in [4.69, 9.17) is 9.47 Å². The van der Waals surface area contributed by atoms with Crippen LogP contribution in [0.4, 0.5) is 0 Å². The second-order valence-corrected chi connectivity index (χ2v) is 2.73. The van der Waals surface area contributed by atoms with Crippen molar-refractivity contribution in [1.29, 1.82) is 0 Å². The average Bonchev–Trinajstić information content (AvgIpc) is 2.01. The first-order valence-electron chi connectivity index (χ1n) is 4.21. The third-order valence-electron chi connectivity index (χ3n) is 2.05. The maximum atomic E-state index is 9.37. The maximum absolute atomic E-state index is 9.37. The Morgan fingerprint density at radius 2 is 1.91 bits per heavy atom. The van der Waals surface area contributed by atoms with Gasteiger partial charge in [-0.25, -0.2) is 0 Å². The molecule has 0 aromatic heterocycles. The fourth-order valence-electron chi connectivity index (χ4n) is 1.38. The van der Waals surface area contributed by atoms with Crippen molar-refractivity contribution in [3.63, 3.8) is 0 Å². The van der Waals surface area contributed by atoms with E-state index in [0.717, 1.165) is 12.8 Å². The van der Waals surface area contributed by atoms with Crippen LogP contribution in [0.25, 0.3) is 0 Å². The molecule has 0 spiro atoms. The van der Waals surface area contributed by atoms with Crippen LogP contribution in [0.1, 0.15) is 26.7 Å². The van der Waals surface area contributed by atoms with Crippen molar-refractivity contribution in [2.45, 2.75) is 38.6 Å². The molecule has 3 nitrogen and oxygen atoms in total. The molecule has 1 unspecified atom stereocenters. The van der Waals surface area contributed by atoms with Gasteiger partial charge in [0.1, 0.15) is 6.10 Å². The molecule has 66 valence electrons. The minimum Gasteiger partial charge on any atom is -0.388 e.